The third-order valence-electron chi connectivity index (χ3n) is 4.22. The van der Waals surface area contributed by atoms with Gasteiger partial charge in [-0.25, -0.2) is 9.97 Å². The van der Waals surface area contributed by atoms with Crippen molar-refractivity contribution in [2.45, 2.75) is 6.92 Å². The van der Waals surface area contributed by atoms with Gasteiger partial charge in [0.15, 0.2) is 0 Å². The molecule has 1 amide bonds. The molecule has 0 aliphatic carbocycles. The van der Waals surface area contributed by atoms with Crippen LogP contribution in [0.3, 0.4) is 0 Å². The number of aromatic nitrogens is 3. The molecule has 4 aromatic rings. The van der Waals surface area contributed by atoms with Crippen LogP contribution in [-0.2, 0) is 0 Å². The number of benzene rings is 2. The normalized spacial score (nSPS) is 10.3. The highest BCUT2D eigenvalue weighted by molar-refractivity contribution is 6.07. The van der Waals surface area contributed by atoms with Crippen LogP contribution in [0.5, 0.6) is 0 Å². The number of nitrogens with zero attached hydrogens (tertiary/aromatic N) is 4. The van der Waals surface area contributed by atoms with Crippen LogP contribution in [0.25, 0.3) is 10.9 Å². The molecule has 2 N–H and O–H groups in total. The second-order valence-electron chi connectivity index (χ2n) is 6.37. The number of pyridine rings is 1. The second kappa shape index (κ2) is 7.74. The largest absolute Gasteiger partial charge is 0.324 e. The average Bonchev–Trinajstić information content (AvgIpc) is 2.73. The van der Waals surface area contributed by atoms with Crippen molar-refractivity contribution in [1.29, 1.82) is 5.26 Å². The number of carbonyl (C=O) groups is 1. The monoisotopic (exact) mass is 380 g/mol. The zero-order chi connectivity index (χ0) is 20.2. The number of rotatable bonds is 4. The standard InChI is InChI=1S/C22H16N6O/c1-14-11-19(28-22(25-14)26-17-8-2-5-15(12-17)13-23)21(29)27-18-9-3-6-16-7-4-10-24-20(16)18/h2-12H,1H3,(H,27,29)(H,25,26,28). The van der Waals surface area contributed by atoms with Crippen LogP contribution in [0, 0.1) is 18.3 Å². The van der Waals surface area contributed by atoms with Gasteiger partial charge in [-0.3, -0.25) is 9.78 Å². The van der Waals surface area contributed by atoms with E-state index in [4.69, 9.17) is 5.26 Å². The van der Waals surface area contributed by atoms with E-state index in [1.165, 1.54) is 0 Å². The van der Waals surface area contributed by atoms with E-state index in [2.05, 4.69) is 31.7 Å². The highest BCUT2D eigenvalue weighted by Gasteiger charge is 2.13. The van der Waals surface area contributed by atoms with Crippen molar-refractivity contribution >= 4 is 34.1 Å². The Morgan fingerprint density at radius 2 is 1.86 bits per heavy atom. The van der Waals surface area contributed by atoms with Crippen LogP contribution in [0.1, 0.15) is 21.7 Å². The van der Waals surface area contributed by atoms with Gasteiger partial charge in [-0.15, -0.1) is 0 Å². The van der Waals surface area contributed by atoms with Crippen LogP contribution in [-0.4, -0.2) is 20.9 Å². The Kier molecular flexibility index (Phi) is 4.82. The van der Waals surface area contributed by atoms with Gasteiger partial charge in [-0.05, 0) is 43.3 Å². The number of hydrogen-bond donors (Lipinski definition) is 2. The topological polar surface area (TPSA) is 104 Å². The van der Waals surface area contributed by atoms with E-state index in [1.54, 1.807) is 49.5 Å². The van der Waals surface area contributed by atoms with Gasteiger partial charge >= 0.3 is 0 Å². The molecule has 0 saturated carbocycles. The summed E-state index contributed by atoms with van der Waals surface area (Å²) < 4.78 is 0. The van der Waals surface area contributed by atoms with Gasteiger partial charge in [0.25, 0.3) is 5.91 Å². The Morgan fingerprint density at radius 1 is 1.03 bits per heavy atom. The first kappa shape index (κ1) is 18.1. The third kappa shape index (κ3) is 4.01. The molecule has 0 radical (unpaired) electrons. The maximum Gasteiger partial charge on any atom is 0.274 e. The lowest BCUT2D eigenvalue weighted by Crippen LogP contribution is -2.16. The summed E-state index contributed by atoms with van der Waals surface area (Å²) in [5.74, 6) is -0.0798. The first-order valence-corrected chi connectivity index (χ1v) is 8.90. The summed E-state index contributed by atoms with van der Waals surface area (Å²) in [6, 6.07) is 20.0. The van der Waals surface area contributed by atoms with Crippen molar-refractivity contribution in [2.24, 2.45) is 0 Å². The minimum absolute atomic E-state index is 0.226. The molecular weight excluding hydrogens is 364 g/mol. The maximum absolute atomic E-state index is 12.8. The van der Waals surface area contributed by atoms with Gasteiger partial charge in [0.1, 0.15) is 5.69 Å². The van der Waals surface area contributed by atoms with Gasteiger partial charge in [-0.2, -0.15) is 5.26 Å². The fraction of sp³-hybridized carbons (Fsp3) is 0.0455. The van der Waals surface area contributed by atoms with E-state index in [-0.39, 0.29) is 17.5 Å². The summed E-state index contributed by atoms with van der Waals surface area (Å²) in [6.07, 6.45) is 1.68. The van der Waals surface area contributed by atoms with Crippen molar-refractivity contribution in [3.63, 3.8) is 0 Å². The first-order chi connectivity index (χ1) is 14.1. The highest BCUT2D eigenvalue weighted by atomic mass is 16.1. The van der Waals surface area contributed by atoms with Crippen molar-refractivity contribution in [3.05, 3.63) is 83.8 Å². The smallest absolute Gasteiger partial charge is 0.274 e. The fourth-order valence-corrected chi connectivity index (χ4v) is 2.93. The van der Waals surface area contributed by atoms with Crippen LogP contribution in [0.15, 0.2) is 66.9 Å². The third-order valence-corrected chi connectivity index (χ3v) is 4.22. The lowest BCUT2D eigenvalue weighted by molar-refractivity contribution is 0.102. The van der Waals surface area contributed by atoms with Crippen LogP contribution >= 0.6 is 0 Å². The Labute approximate surface area is 167 Å². The number of para-hydroxylation sites is 1. The Morgan fingerprint density at radius 3 is 2.72 bits per heavy atom. The molecule has 0 bridgehead atoms. The molecule has 0 aliphatic rings. The van der Waals surface area contributed by atoms with Gasteiger partial charge in [0.2, 0.25) is 5.95 Å². The molecule has 2 aromatic carbocycles. The summed E-state index contributed by atoms with van der Waals surface area (Å²) in [7, 11) is 0. The Bertz CT molecular complexity index is 1260. The van der Waals surface area contributed by atoms with Crippen LogP contribution in [0.4, 0.5) is 17.3 Å². The zero-order valence-electron chi connectivity index (χ0n) is 15.5. The van der Waals surface area contributed by atoms with Crippen LogP contribution in [0.2, 0.25) is 0 Å². The number of nitriles is 1. The van der Waals surface area contributed by atoms with Gasteiger partial charge in [-0.1, -0.05) is 24.3 Å². The predicted octanol–water partition coefficient (Wildman–Crippen LogP) is 4.20. The molecule has 0 unspecified atom stereocenters. The molecule has 2 aromatic heterocycles. The number of fused-ring (bicyclic) bond motifs is 1. The molecule has 4 rings (SSSR count). The van der Waals surface area contributed by atoms with E-state index >= 15 is 0 Å². The lowest BCUT2D eigenvalue weighted by atomic mass is 10.2. The molecule has 7 nitrogen and oxygen atoms in total. The summed E-state index contributed by atoms with van der Waals surface area (Å²) in [5, 5.41) is 15.9. The lowest BCUT2D eigenvalue weighted by Gasteiger charge is -2.10. The van der Waals surface area contributed by atoms with E-state index in [9.17, 15) is 4.79 Å². The summed E-state index contributed by atoms with van der Waals surface area (Å²) >= 11 is 0. The highest BCUT2D eigenvalue weighted by Crippen LogP contribution is 2.21. The molecular formula is C22H16N6O. The average molecular weight is 380 g/mol. The Balaban J connectivity index is 1.61. The van der Waals surface area contributed by atoms with Crippen molar-refractivity contribution in [2.75, 3.05) is 10.6 Å². The van der Waals surface area contributed by atoms with Crippen LogP contribution < -0.4 is 10.6 Å². The molecule has 0 aliphatic heterocycles. The molecule has 0 spiro atoms. The molecule has 29 heavy (non-hydrogen) atoms. The van der Waals surface area contributed by atoms with E-state index in [1.807, 2.05) is 24.3 Å². The van der Waals surface area contributed by atoms with E-state index in [0.717, 1.165) is 5.39 Å². The quantitative estimate of drug-likeness (QED) is 0.550. The van der Waals surface area contributed by atoms with E-state index in [0.29, 0.717) is 28.1 Å². The molecule has 7 heteroatoms. The molecule has 0 fully saturated rings. The van der Waals surface area contributed by atoms with Crippen molar-refractivity contribution < 1.29 is 4.79 Å². The zero-order valence-corrected chi connectivity index (χ0v) is 15.5. The summed E-state index contributed by atoms with van der Waals surface area (Å²) in [5.41, 5.74) is 3.37. The fourth-order valence-electron chi connectivity index (χ4n) is 2.93. The number of amides is 1. The van der Waals surface area contributed by atoms with Crippen molar-refractivity contribution in [3.8, 4) is 6.07 Å². The minimum atomic E-state index is -0.359. The predicted molar refractivity (Wildman–Crippen MR) is 111 cm³/mol. The van der Waals surface area contributed by atoms with E-state index < -0.39 is 0 Å². The number of nitrogens with one attached hydrogen (secondary N) is 2. The molecule has 2 heterocycles. The number of aryl methyl sites for hydroxylation is 1. The molecule has 140 valence electrons. The van der Waals surface area contributed by atoms with Crippen molar-refractivity contribution in [1.82, 2.24) is 15.0 Å². The van der Waals surface area contributed by atoms with Gasteiger partial charge in [0.05, 0.1) is 22.8 Å². The van der Waals surface area contributed by atoms with Gasteiger partial charge in [0, 0.05) is 23.0 Å². The minimum Gasteiger partial charge on any atom is -0.324 e. The number of anilines is 3. The van der Waals surface area contributed by atoms with Gasteiger partial charge < -0.3 is 10.6 Å². The first-order valence-electron chi connectivity index (χ1n) is 8.90. The maximum atomic E-state index is 12.8. The number of hydrogen-bond acceptors (Lipinski definition) is 6. The number of carbonyl (C=O) groups excluding carboxylic acids is 1. The summed E-state index contributed by atoms with van der Waals surface area (Å²) in [4.78, 5) is 25.8. The molecule has 0 saturated heterocycles. The summed E-state index contributed by atoms with van der Waals surface area (Å²) in [6.45, 7) is 1.79. The molecule has 0 atom stereocenters. The SMILES string of the molecule is Cc1cc(C(=O)Nc2cccc3cccnc23)nc(Nc2cccc(C#N)c2)n1. The Hall–Kier alpha value is -4.31. The second-order valence-corrected chi connectivity index (χ2v) is 6.37.